The summed E-state index contributed by atoms with van der Waals surface area (Å²) in [5.74, 6) is 0.521. The van der Waals surface area contributed by atoms with Crippen molar-refractivity contribution in [3.8, 4) is 23.0 Å². The van der Waals surface area contributed by atoms with E-state index in [0.717, 1.165) is 0 Å². The summed E-state index contributed by atoms with van der Waals surface area (Å²) in [7, 11) is 5.52. The van der Waals surface area contributed by atoms with E-state index in [-0.39, 0.29) is 23.9 Å². The minimum atomic E-state index is -0.660. The quantitative estimate of drug-likeness (QED) is 0.532. The van der Waals surface area contributed by atoms with Crippen molar-refractivity contribution < 1.29 is 38.1 Å². The largest absolute Gasteiger partial charge is 0.493 e. The molecule has 9 heteroatoms. The Kier molecular flexibility index (Phi) is 5.24. The molecule has 1 heterocycles. The first-order chi connectivity index (χ1) is 15.0. The Bertz CT molecular complexity index is 1150. The van der Waals surface area contributed by atoms with Crippen LogP contribution in [0, 0.1) is 0 Å². The first-order valence-electron chi connectivity index (χ1n) is 9.19. The summed E-state index contributed by atoms with van der Waals surface area (Å²) in [6.45, 7) is 0.0611. The van der Waals surface area contributed by atoms with Crippen molar-refractivity contribution >= 4 is 23.0 Å². The molecule has 0 spiro atoms. The predicted molar refractivity (Wildman–Crippen MR) is 109 cm³/mol. The molecular formula is C22H19NO8. The molecular weight excluding hydrogens is 406 g/mol. The maximum absolute atomic E-state index is 13.0. The Balaban J connectivity index is 1.98. The average Bonchev–Trinajstić information content (AvgIpc) is 3.25. The van der Waals surface area contributed by atoms with E-state index < -0.39 is 5.97 Å². The van der Waals surface area contributed by atoms with Crippen molar-refractivity contribution in [2.75, 3.05) is 35.2 Å². The molecule has 0 aromatic heterocycles. The summed E-state index contributed by atoms with van der Waals surface area (Å²) in [4.78, 5) is 30.8. The zero-order chi connectivity index (χ0) is 22.1. The van der Waals surface area contributed by atoms with E-state index in [0.29, 0.717) is 45.2 Å². The van der Waals surface area contributed by atoms with Crippen LogP contribution in [0.25, 0.3) is 5.57 Å². The van der Waals surface area contributed by atoms with Gasteiger partial charge in [-0.05, 0) is 30.3 Å². The van der Waals surface area contributed by atoms with Crippen LogP contribution in [-0.2, 0) is 9.57 Å². The number of benzene rings is 2. The second-order valence-corrected chi connectivity index (χ2v) is 6.51. The Morgan fingerprint density at radius 1 is 0.968 bits per heavy atom. The third-order valence-electron chi connectivity index (χ3n) is 4.97. The number of hydrogen-bond donors (Lipinski definition) is 0. The Morgan fingerprint density at radius 3 is 2.29 bits per heavy atom. The Hall–Kier alpha value is -4.01. The summed E-state index contributed by atoms with van der Waals surface area (Å²) in [5, 5.41) is 4.14. The maximum atomic E-state index is 13.0. The van der Waals surface area contributed by atoms with Crippen LogP contribution in [0.1, 0.15) is 31.8 Å². The van der Waals surface area contributed by atoms with Gasteiger partial charge in [0.1, 0.15) is 18.4 Å². The lowest BCUT2D eigenvalue weighted by Gasteiger charge is -2.22. The Morgan fingerprint density at radius 2 is 1.68 bits per heavy atom. The maximum Gasteiger partial charge on any atom is 0.342 e. The molecule has 0 bridgehead atoms. The van der Waals surface area contributed by atoms with Crippen molar-refractivity contribution in [3.05, 3.63) is 52.6 Å². The summed E-state index contributed by atoms with van der Waals surface area (Å²) < 4.78 is 26.5. The fourth-order valence-electron chi connectivity index (χ4n) is 3.62. The van der Waals surface area contributed by atoms with Crippen LogP contribution in [0.2, 0.25) is 0 Å². The minimum absolute atomic E-state index is 0.0611. The van der Waals surface area contributed by atoms with E-state index in [1.807, 2.05) is 0 Å². The number of carbonyl (C=O) groups excluding carboxylic acids is 2. The number of fused-ring (bicyclic) bond motifs is 2. The highest BCUT2D eigenvalue weighted by Gasteiger charge is 2.33. The van der Waals surface area contributed by atoms with Gasteiger partial charge in [0.15, 0.2) is 28.8 Å². The molecule has 0 N–H and O–H groups in total. The van der Waals surface area contributed by atoms with Gasteiger partial charge in [-0.2, -0.15) is 0 Å². The third-order valence-corrected chi connectivity index (χ3v) is 4.97. The van der Waals surface area contributed by atoms with Gasteiger partial charge in [0.2, 0.25) is 6.79 Å². The van der Waals surface area contributed by atoms with Crippen LogP contribution in [0.15, 0.2) is 35.5 Å². The molecule has 0 radical (unpaired) electrons. The van der Waals surface area contributed by atoms with E-state index >= 15 is 0 Å². The van der Waals surface area contributed by atoms with Crippen LogP contribution in [0.3, 0.4) is 0 Å². The van der Waals surface area contributed by atoms with Gasteiger partial charge in [-0.3, -0.25) is 4.79 Å². The monoisotopic (exact) mass is 425 g/mol. The van der Waals surface area contributed by atoms with Gasteiger partial charge in [0, 0.05) is 22.3 Å². The normalized spacial score (nSPS) is 15.3. The van der Waals surface area contributed by atoms with Crippen LogP contribution in [0.5, 0.6) is 23.0 Å². The van der Waals surface area contributed by atoms with E-state index in [1.54, 1.807) is 24.3 Å². The summed E-state index contributed by atoms with van der Waals surface area (Å²) >= 11 is 0. The highest BCUT2D eigenvalue weighted by Crippen LogP contribution is 2.42. The highest BCUT2D eigenvalue weighted by molar-refractivity contribution is 6.41. The zero-order valence-electron chi connectivity index (χ0n) is 17.3. The molecule has 160 valence electrons. The van der Waals surface area contributed by atoms with Gasteiger partial charge in [0.25, 0.3) is 0 Å². The molecule has 1 aliphatic heterocycles. The lowest BCUT2D eigenvalue weighted by atomic mass is 9.83. The average molecular weight is 425 g/mol. The van der Waals surface area contributed by atoms with Crippen molar-refractivity contribution in [2.24, 2.45) is 5.16 Å². The number of ether oxygens (including phenoxy) is 5. The van der Waals surface area contributed by atoms with Crippen molar-refractivity contribution in [3.63, 3.8) is 0 Å². The molecule has 0 saturated heterocycles. The van der Waals surface area contributed by atoms with E-state index in [1.165, 1.54) is 34.5 Å². The van der Waals surface area contributed by atoms with Crippen LogP contribution >= 0.6 is 0 Å². The first-order valence-corrected chi connectivity index (χ1v) is 9.19. The van der Waals surface area contributed by atoms with Crippen LogP contribution in [0.4, 0.5) is 0 Å². The number of hydrogen-bond acceptors (Lipinski definition) is 9. The molecule has 0 unspecified atom stereocenters. The molecule has 4 rings (SSSR count). The lowest BCUT2D eigenvalue weighted by molar-refractivity contribution is 0.0596. The van der Waals surface area contributed by atoms with E-state index in [2.05, 4.69) is 5.16 Å². The van der Waals surface area contributed by atoms with Crippen LogP contribution < -0.4 is 18.9 Å². The van der Waals surface area contributed by atoms with E-state index in [9.17, 15) is 9.59 Å². The number of ketones is 1. The first kappa shape index (κ1) is 20.3. The number of carbonyl (C=O) groups is 2. The van der Waals surface area contributed by atoms with Gasteiger partial charge in [0.05, 0.1) is 21.3 Å². The second kappa shape index (κ2) is 8.02. The number of allylic oxidation sites excluding steroid dienone is 2. The second-order valence-electron chi connectivity index (χ2n) is 6.51. The predicted octanol–water partition coefficient (Wildman–Crippen LogP) is 2.85. The number of methoxy groups -OCH3 is 3. The molecule has 2 aromatic rings. The van der Waals surface area contributed by atoms with Crippen molar-refractivity contribution in [1.29, 1.82) is 0 Å². The number of nitrogens with zero attached hydrogens (tertiary/aromatic N) is 1. The van der Waals surface area contributed by atoms with Gasteiger partial charge in [-0.1, -0.05) is 5.16 Å². The highest BCUT2D eigenvalue weighted by atomic mass is 16.7. The zero-order valence-corrected chi connectivity index (χ0v) is 17.3. The summed E-state index contributed by atoms with van der Waals surface area (Å²) in [5.41, 5.74) is 2.03. The fraction of sp³-hybridized carbons (Fsp3) is 0.227. The number of esters is 1. The molecule has 1 aliphatic carbocycles. The molecule has 2 aromatic carbocycles. The van der Waals surface area contributed by atoms with Crippen molar-refractivity contribution in [1.82, 2.24) is 0 Å². The third kappa shape index (κ3) is 3.24. The molecule has 2 aliphatic rings. The molecule has 0 saturated carbocycles. The molecule has 0 atom stereocenters. The van der Waals surface area contributed by atoms with Gasteiger partial charge < -0.3 is 28.5 Å². The van der Waals surface area contributed by atoms with Gasteiger partial charge in [-0.25, -0.2) is 4.79 Å². The molecule has 31 heavy (non-hydrogen) atoms. The minimum Gasteiger partial charge on any atom is -0.493 e. The fourth-order valence-corrected chi connectivity index (χ4v) is 3.62. The number of rotatable bonds is 5. The Labute approximate surface area is 177 Å². The topological polar surface area (TPSA) is 102 Å². The molecule has 9 nitrogen and oxygen atoms in total. The van der Waals surface area contributed by atoms with Gasteiger partial charge >= 0.3 is 5.97 Å². The smallest absolute Gasteiger partial charge is 0.342 e. The molecule has 0 amide bonds. The van der Waals surface area contributed by atoms with E-state index in [4.69, 9.17) is 28.5 Å². The SMILES string of the molecule is CO/N=C1/C(c2ccc(OC)c(OC)c2C(=O)OC)=CC(=O)c2cc3c(cc21)OCO3. The van der Waals surface area contributed by atoms with Crippen LogP contribution in [-0.4, -0.2) is 52.7 Å². The number of oxime groups is 1. The van der Waals surface area contributed by atoms with Gasteiger partial charge in [-0.15, -0.1) is 0 Å². The molecule has 0 fully saturated rings. The standard InChI is InChI=1S/C22H19NO8/c1-26-16-6-5-11(19(21(16)27-2)22(25)28-3)13-7-15(24)12-8-17-18(31-10-30-17)9-14(12)20(13)23-29-4/h5-9H,10H2,1-4H3/b23-20-. The van der Waals surface area contributed by atoms with Crippen molar-refractivity contribution in [2.45, 2.75) is 0 Å². The lowest BCUT2D eigenvalue weighted by Crippen LogP contribution is -2.20. The summed E-state index contributed by atoms with van der Waals surface area (Å²) in [6, 6.07) is 6.54. The summed E-state index contributed by atoms with van der Waals surface area (Å²) in [6.07, 6.45) is 1.38.